The normalized spacial score (nSPS) is 20.2. The first-order valence-corrected chi connectivity index (χ1v) is 6.41. The molecule has 4 heteroatoms. The summed E-state index contributed by atoms with van der Waals surface area (Å²) < 4.78 is 0. The zero-order valence-corrected chi connectivity index (χ0v) is 10.7. The first-order chi connectivity index (χ1) is 8.70. The van der Waals surface area contributed by atoms with Gasteiger partial charge in [0.1, 0.15) is 0 Å². The minimum absolute atomic E-state index is 0.354. The smallest absolute Gasteiger partial charge is 0.335 e. The third-order valence-electron chi connectivity index (χ3n) is 3.53. The zero-order chi connectivity index (χ0) is 13.0. The summed E-state index contributed by atoms with van der Waals surface area (Å²) in [6.45, 7) is 3.06. The van der Waals surface area contributed by atoms with Crippen LogP contribution in [0.4, 0.5) is 0 Å². The Kier molecular flexibility index (Phi) is 4.33. The van der Waals surface area contributed by atoms with Crippen molar-refractivity contribution in [1.29, 1.82) is 0 Å². The highest BCUT2D eigenvalue weighted by Crippen LogP contribution is 2.19. The average Bonchev–Trinajstić information content (AvgIpc) is 2.78. The highest BCUT2D eigenvalue weighted by atomic mass is 16.4. The average molecular weight is 248 g/mol. The van der Waals surface area contributed by atoms with Gasteiger partial charge in [0, 0.05) is 19.1 Å². The standard InChI is InChI=1S/C14H20N2O2/c1-15-9-13-3-2-8-16(13)10-11-4-6-12(7-5-11)14(17)18/h4-7,13,15H,2-3,8-10H2,1H3,(H,17,18). The van der Waals surface area contributed by atoms with Gasteiger partial charge in [-0.3, -0.25) is 4.90 Å². The molecule has 0 aromatic heterocycles. The quantitative estimate of drug-likeness (QED) is 0.830. The van der Waals surface area contributed by atoms with Crippen LogP contribution < -0.4 is 5.32 Å². The van der Waals surface area contributed by atoms with Crippen molar-refractivity contribution in [3.8, 4) is 0 Å². The van der Waals surface area contributed by atoms with Gasteiger partial charge in [-0.2, -0.15) is 0 Å². The summed E-state index contributed by atoms with van der Waals surface area (Å²) >= 11 is 0. The van der Waals surface area contributed by atoms with E-state index in [9.17, 15) is 4.79 Å². The maximum absolute atomic E-state index is 10.8. The Labute approximate surface area is 108 Å². The number of carboxylic acids is 1. The number of hydrogen-bond acceptors (Lipinski definition) is 3. The lowest BCUT2D eigenvalue weighted by molar-refractivity contribution is 0.0697. The zero-order valence-electron chi connectivity index (χ0n) is 10.7. The van der Waals surface area contributed by atoms with Crippen LogP contribution in [-0.4, -0.2) is 42.2 Å². The molecule has 1 aromatic carbocycles. The Bertz CT molecular complexity index is 403. The molecule has 0 amide bonds. The van der Waals surface area contributed by atoms with Crippen LogP contribution in [-0.2, 0) is 6.54 Å². The van der Waals surface area contributed by atoms with Crippen LogP contribution in [0, 0.1) is 0 Å². The molecule has 1 fully saturated rings. The molecule has 2 rings (SSSR count). The molecular weight excluding hydrogens is 228 g/mol. The number of aromatic carboxylic acids is 1. The van der Waals surface area contributed by atoms with Gasteiger partial charge in [0.15, 0.2) is 0 Å². The highest BCUT2D eigenvalue weighted by Gasteiger charge is 2.23. The van der Waals surface area contributed by atoms with Crippen LogP contribution in [0.1, 0.15) is 28.8 Å². The number of likely N-dealkylation sites (tertiary alicyclic amines) is 1. The van der Waals surface area contributed by atoms with Crippen LogP contribution in [0.2, 0.25) is 0 Å². The number of benzene rings is 1. The van der Waals surface area contributed by atoms with Crippen molar-refractivity contribution in [3.63, 3.8) is 0 Å². The Morgan fingerprint density at radius 1 is 1.44 bits per heavy atom. The van der Waals surface area contributed by atoms with Gasteiger partial charge in [-0.05, 0) is 44.1 Å². The lowest BCUT2D eigenvalue weighted by Gasteiger charge is -2.24. The molecule has 18 heavy (non-hydrogen) atoms. The third kappa shape index (κ3) is 3.09. The fourth-order valence-electron chi connectivity index (χ4n) is 2.56. The predicted molar refractivity (Wildman–Crippen MR) is 70.8 cm³/mol. The number of carbonyl (C=O) groups is 1. The lowest BCUT2D eigenvalue weighted by Crippen LogP contribution is -2.36. The van der Waals surface area contributed by atoms with Crippen molar-refractivity contribution >= 4 is 5.97 Å². The van der Waals surface area contributed by atoms with Gasteiger partial charge in [-0.1, -0.05) is 12.1 Å². The second-order valence-corrected chi connectivity index (χ2v) is 4.83. The van der Waals surface area contributed by atoms with Crippen LogP contribution in [0.3, 0.4) is 0 Å². The molecular formula is C14H20N2O2. The molecule has 1 aliphatic heterocycles. The summed E-state index contributed by atoms with van der Waals surface area (Å²) in [7, 11) is 1.98. The van der Waals surface area contributed by atoms with Crippen LogP contribution in [0.15, 0.2) is 24.3 Å². The van der Waals surface area contributed by atoms with Gasteiger partial charge in [0.25, 0.3) is 0 Å². The lowest BCUT2D eigenvalue weighted by atomic mass is 10.1. The topological polar surface area (TPSA) is 52.6 Å². The second-order valence-electron chi connectivity index (χ2n) is 4.83. The number of hydrogen-bond donors (Lipinski definition) is 2. The molecule has 0 spiro atoms. The van der Waals surface area contributed by atoms with E-state index in [0.717, 1.165) is 19.6 Å². The molecule has 1 aliphatic rings. The molecule has 4 nitrogen and oxygen atoms in total. The minimum atomic E-state index is -0.865. The highest BCUT2D eigenvalue weighted by molar-refractivity contribution is 5.87. The summed E-state index contributed by atoms with van der Waals surface area (Å²) in [6.07, 6.45) is 2.49. The monoisotopic (exact) mass is 248 g/mol. The Morgan fingerprint density at radius 2 is 2.17 bits per heavy atom. The molecule has 0 saturated carbocycles. The third-order valence-corrected chi connectivity index (χ3v) is 3.53. The molecule has 98 valence electrons. The Balaban J connectivity index is 1.98. The van der Waals surface area contributed by atoms with E-state index in [4.69, 9.17) is 5.11 Å². The first kappa shape index (κ1) is 13.1. The van der Waals surface area contributed by atoms with Crippen molar-refractivity contribution in [2.24, 2.45) is 0 Å². The van der Waals surface area contributed by atoms with Crippen molar-refractivity contribution in [3.05, 3.63) is 35.4 Å². The number of nitrogens with zero attached hydrogens (tertiary/aromatic N) is 1. The summed E-state index contributed by atoms with van der Waals surface area (Å²) in [5, 5.41) is 12.1. The van der Waals surface area contributed by atoms with Crippen LogP contribution >= 0.6 is 0 Å². The van der Waals surface area contributed by atoms with E-state index in [-0.39, 0.29) is 0 Å². The van der Waals surface area contributed by atoms with Gasteiger partial charge in [-0.25, -0.2) is 4.79 Å². The molecule has 1 unspecified atom stereocenters. The van der Waals surface area contributed by atoms with E-state index < -0.39 is 5.97 Å². The number of nitrogens with one attached hydrogen (secondary N) is 1. The molecule has 1 aromatic rings. The van der Waals surface area contributed by atoms with E-state index in [1.807, 2.05) is 19.2 Å². The maximum Gasteiger partial charge on any atom is 0.335 e. The summed E-state index contributed by atoms with van der Waals surface area (Å²) in [6, 6.07) is 7.80. The minimum Gasteiger partial charge on any atom is -0.478 e. The predicted octanol–water partition coefficient (Wildman–Crippen LogP) is 1.57. The van der Waals surface area contributed by atoms with Gasteiger partial charge in [-0.15, -0.1) is 0 Å². The van der Waals surface area contributed by atoms with E-state index in [0.29, 0.717) is 11.6 Å². The summed E-state index contributed by atoms with van der Waals surface area (Å²) in [4.78, 5) is 13.2. The van der Waals surface area contributed by atoms with Crippen molar-refractivity contribution < 1.29 is 9.90 Å². The summed E-state index contributed by atoms with van der Waals surface area (Å²) in [5.74, 6) is -0.865. The van der Waals surface area contributed by atoms with E-state index in [1.54, 1.807) is 12.1 Å². The Morgan fingerprint density at radius 3 is 2.78 bits per heavy atom. The Hall–Kier alpha value is -1.39. The van der Waals surface area contributed by atoms with E-state index in [1.165, 1.54) is 18.4 Å². The molecule has 0 aliphatic carbocycles. The number of rotatable bonds is 5. The van der Waals surface area contributed by atoms with Crippen LogP contribution in [0.25, 0.3) is 0 Å². The van der Waals surface area contributed by atoms with Gasteiger partial charge in [0.05, 0.1) is 5.56 Å². The molecule has 0 radical (unpaired) electrons. The molecule has 1 atom stereocenters. The summed E-state index contributed by atoms with van der Waals surface area (Å²) in [5.41, 5.74) is 1.54. The molecule has 1 saturated heterocycles. The largest absolute Gasteiger partial charge is 0.478 e. The maximum atomic E-state index is 10.8. The van der Waals surface area contributed by atoms with Crippen LogP contribution in [0.5, 0.6) is 0 Å². The van der Waals surface area contributed by atoms with Crippen molar-refractivity contribution in [2.45, 2.75) is 25.4 Å². The first-order valence-electron chi connectivity index (χ1n) is 6.41. The van der Waals surface area contributed by atoms with Gasteiger partial charge in [0.2, 0.25) is 0 Å². The molecule has 2 N–H and O–H groups in total. The van der Waals surface area contributed by atoms with Crippen molar-refractivity contribution in [2.75, 3.05) is 20.1 Å². The van der Waals surface area contributed by atoms with Crippen molar-refractivity contribution in [1.82, 2.24) is 10.2 Å². The SMILES string of the molecule is CNCC1CCCN1Cc1ccc(C(=O)O)cc1. The van der Waals surface area contributed by atoms with Gasteiger partial charge < -0.3 is 10.4 Å². The fraction of sp³-hybridized carbons (Fsp3) is 0.500. The second kappa shape index (κ2) is 5.98. The van der Waals surface area contributed by atoms with E-state index >= 15 is 0 Å². The number of likely N-dealkylation sites (N-methyl/N-ethyl adjacent to an activating group) is 1. The fourth-order valence-corrected chi connectivity index (χ4v) is 2.56. The molecule has 1 heterocycles. The number of carboxylic acid groups (broad SMARTS) is 1. The van der Waals surface area contributed by atoms with Gasteiger partial charge >= 0.3 is 5.97 Å². The molecule has 0 bridgehead atoms. The van der Waals surface area contributed by atoms with E-state index in [2.05, 4.69) is 10.2 Å².